The van der Waals surface area contributed by atoms with Crippen molar-refractivity contribution in [1.82, 2.24) is 10.2 Å². The molecule has 1 unspecified atom stereocenters. The van der Waals surface area contributed by atoms with Crippen molar-refractivity contribution >= 4 is 53.3 Å². The predicted molar refractivity (Wildman–Crippen MR) is 118 cm³/mol. The third-order valence-electron chi connectivity index (χ3n) is 3.83. The van der Waals surface area contributed by atoms with Gasteiger partial charge in [-0.05, 0) is 24.6 Å². The molecule has 1 fully saturated rings. The summed E-state index contributed by atoms with van der Waals surface area (Å²) in [5.74, 6) is 4.30. The van der Waals surface area contributed by atoms with Crippen LogP contribution in [0.15, 0.2) is 29.3 Å². The lowest BCUT2D eigenvalue weighted by molar-refractivity contribution is -0.115. The number of nitrogens with zero attached hydrogens (tertiary/aromatic N) is 2. The summed E-state index contributed by atoms with van der Waals surface area (Å²) in [5.41, 5.74) is 1.45. The molecule has 1 aromatic rings. The number of rotatable bonds is 4. The molecule has 5 nitrogen and oxygen atoms in total. The van der Waals surface area contributed by atoms with E-state index in [0.29, 0.717) is 10.9 Å². The Bertz CT molecular complexity index is 644. The number of guanidine groups is 1. The van der Waals surface area contributed by atoms with Crippen molar-refractivity contribution in [1.29, 1.82) is 0 Å². The summed E-state index contributed by atoms with van der Waals surface area (Å²) in [6.07, 6.45) is 6.52. The van der Waals surface area contributed by atoms with Crippen LogP contribution < -0.4 is 10.6 Å². The van der Waals surface area contributed by atoms with Crippen LogP contribution in [0.1, 0.15) is 18.9 Å². The Morgan fingerprint density at radius 3 is 3.00 bits per heavy atom. The number of carbonyl (C=O) groups is 1. The van der Waals surface area contributed by atoms with E-state index in [9.17, 15) is 4.79 Å². The molecule has 2 rings (SSSR count). The Labute approximate surface area is 171 Å². The third-order valence-corrected chi connectivity index (χ3v) is 5.20. The molecule has 0 radical (unpaired) electrons. The van der Waals surface area contributed by atoms with Crippen LogP contribution in [0.25, 0.3) is 0 Å². The second-order valence-electron chi connectivity index (χ2n) is 5.52. The van der Waals surface area contributed by atoms with Gasteiger partial charge >= 0.3 is 0 Å². The van der Waals surface area contributed by atoms with Crippen molar-refractivity contribution in [2.75, 3.05) is 37.8 Å². The van der Waals surface area contributed by atoms with E-state index >= 15 is 0 Å². The molecule has 1 amide bonds. The number of nitrogens with one attached hydrogen (secondary N) is 2. The van der Waals surface area contributed by atoms with Crippen LogP contribution in [0, 0.1) is 12.3 Å². The molecule has 2 N–H and O–H groups in total. The van der Waals surface area contributed by atoms with E-state index in [1.807, 2.05) is 30.0 Å². The first kappa shape index (κ1) is 21.6. The summed E-state index contributed by atoms with van der Waals surface area (Å²) in [5, 5.41) is 6.61. The van der Waals surface area contributed by atoms with E-state index in [0.717, 1.165) is 36.8 Å². The highest BCUT2D eigenvalue weighted by atomic mass is 127. The molecule has 0 bridgehead atoms. The van der Waals surface area contributed by atoms with Crippen LogP contribution in [0.3, 0.4) is 0 Å². The van der Waals surface area contributed by atoms with E-state index in [1.165, 1.54) is 0 Å². The van der Waals surface area contributed by atoms with Gasteiger partial charge < -0.3 is 15.5 Å². The standard InChI is InChI=1S/C18H24N4OS.HI/c1-4-14-7-6-8-15(11-14)21-17(23)12-20-18(19-3)22-9-10-24-16(5-2)13-22;/h1,6-8,11,16H,5,9-10,12-13H2,2-3H3,(H,19,20)(H,21,23);1H. The molecule has 1 aromatic carbocycles. The number of hydrogen-bond donors (Lipinski definition) is 2. The van der Waals surface area contributed by atoms with E-state index in [-0.39, 0.29) is 36.4 Å². The van der Waals surface area contributed by atoms with Crippen molar-refractivity contribution in [3.8, 4) is 12.3 Å². The van der Waals surface area contributed by atoms with E-state index in [1.54, 1.807) is 13.1 Å². The lowest BCUT2D eigenvalue weighted by atomic mass is 10.2. The second-order valence-corrected chi connectivity index (χ2v) is 6.93. The smallest absolute Gasteiger partial charge is 0.243 e. The SMILES string of the molecule is C#Cc1cccc(NC(=O)CNC(=NC)N2CCSC(CC)C2)c1.I. The number of halogens is 1. The molecule has 1 atom stereocenters. The number of anilines is 1. The van der Waals surface area contributed by atoms with Crippen LogP contribution in [0.5, 0.6) is 0 Å². The quantitative estimate of drug-likeness (QED) is 0.306. The summed E-state index contributed by atoms with van der Waals surface area (Å²) < 4.78 is 0. The van der Waals surface area contributed by atoms with Gasteiger partial charge in [0.25, 0.3) is 0 Å². The van der Waals surface area contributed by atoms with Gasteiger partial charge in [-0.15, -0.1) is 30.4 Å². The van der Waals surface area contributed by atoms with Crippen LogP contribution in [0.2, 0.25) is 0 Å². The van der Waals surface area contributed by atoms with Crippen molar-refractivity contribution < 1.29 is 4.79 Å². The maximum absolute atomic E-state index is 12.1. The van der Waals surface area contributed by atoms with E-state index < -0.39 is 0 Å². The lowest BCUT2D eigenvalue weighted by Crippen LogP contribution is -2.49. The van der Waals surface area contributed by atoms with Gasteiger partial charge in [-0.3, -0.25) is 9.79 Å². The number of hydrogen-bond acceptors (Lipinski definition) is 3. The summed E-state index contributed by atoms with van der Waals surface area (Å²) in [7, 11) is 1.75. The molecule has 0 spiro atoms. The van der Waals surface area contributed by atoms with Gasteiger partial charge in [-0.1, -0.05) is 18.9 Å². The zero-order chi connectivity index (χ0) is 17.4. The third kappa shape index (κ3) is 6.78. The Morgan fingerprint density at radius 1 is 1.52 bits per heavy atom. The molecular weight excluding hydrogens is 447 g/mol. The van der Waals surface area contributed by atoms with Gasteiger partial charge in [0.15, 0.2) is 5.96 Å². The molecule has 25 heavy (non-hydrogen) atoms. The normalized spacial score (nSPS) is 17.2. The zero-order valence-corrected chi connectivity index (χ0v) is 17.8. The summed E-state index contributed by atoms with van der Waals surface area (Å²) in [6.45, 7) is 4.29. The molecule has 1 heterocycles. The number of terminal acetylenes is 1. The lowest BCUT2D eigenvalue weighted by Gasteiger charge is -2.34. The van der Waals surface area contributed by atoms with E-state index in [2.05, 4.69) is 33.4 Å². The minimum absolute atomic E-state index is 0. The average molecular weight is 472 g/mol. The summed E-state index contributed by atoms with van der Waals surface area (Å²) in [4.78, 5) is 18.7. The van der Waals surface area contributed by atoms with Crippen LogP contribution in [-0.4, -0.2) is 54.5 Å². The molecule has 0 saturated carbocycles. The maximum Gasteiger partial charge on any atom is 0.243 e. The first-order valence-electron chi connectivity index (χ1n) is 8.10. The molecule has 7 heteroatoms. The minimum Gasteiger partial charge on any atom is -0.347 e. The maximum atomic E-state index is 12.1. The Kier molecular flexibility index (Phi) is 9.75. The molecular formula is C18H25IN4OS. The Balaban J connectivity index is 0.00000312. The first-order valence-corrected chi connectivity index (χ1v) is 9.14. The minimum atomic E-state index is -0.122. The molecule has 1 saturated heterocycles. The van der Waals surface area contributed by atoms with Crippen LogP contribution in [0.4, 0.5) is 5.69 Å². The molecule has 136 valence electrons. The Hall–Kier alpha value is -1.40. The molecule has 0 aromatic heterocycles. The molecule has 0 aliphatic carbocycles. The zero-order valence-electron chi connectivity index (χ0n) is 14.6. The average Bonchev–Trinajstić information content (AvgIpc) is 2.62. The number of amides is 1. The fraction of sp³-hybridized carbons (Fsp3) is 0.444. The first-order chi connectivity index (χ1) is 11.7. The highest BCUT2D eigenvalue weighted by Crippen LogP contribution is 2.20. The van der Waals surface area contributed by atoms with Gasteiger partial charge in [-0.25, -0.2) is 0 Å². The van der Waals surface area contributed by atoms with Gasteiger partial charge in [-0.2, -0.15) is 11.8 Å². The van der Waals surface area contributed by atoms with Crippen LogP contribution >= 0.6 is 35.7 Å². The van der Waals surface area contributed by atoms with Gasteiger partial charge in [0.1, 0.15) is 0 Å². The summed E-state index contributed by atoms with van der Waals surface area (Å²) >= 11 is 2.00. The molecule has 1 aliphatic heterocycles. The van der Waals surface area contributed by atoms with Gasteiger partial charge in [0.2, 0.25) is 5.91 Å². The fourth-order valence-electron chi connectivity index (χ4n) is 2.54. The fourth-order valence-corrected chi connectivity index (χ4v) is 3.72. The highest BCUT2D eigenvalue weighted by Gasteiger charge is 2.21. The number of carbonyl (C=O) groups excluding carboxylic acids is 1. The highest BCUT2D eigenvalue weighted by molar-refractivity contribution is 14.0. The van der Waals surface area contributed by atoms with Crippen molar-refractivity contribution in [2.45, 2.75) is 18.6 Å². The number of benzene rings is 1. The largest absolute Gasteiger partial charge is 0.347 e. The number of aliphatic imine (C=N–C) groups is 1. The Morgan fingerprint density at radius 2 is 2.32 bits per heavy atom. The van der Waals surface area contributed by atoms with Gasteiger partial charge in [0.05, 0.1) is 6.54 Å². The topological polar surface area (TPSA) is 56.7 Å². The number of thioether (sulfide) groups is 1. The van der Waals surface area contributed by atoms with Gasteiger partial charge in [0, 0.05) is 42.4 Å². The van der Waals surface area contributed by atoms with Crippen molar-refractivity contribution in [3.63, 3.8) is 0 Å². The summed E-state index contributed by atoms with van der Waals surface area (Å²) in [6, 6.07) is 7.25. The predicted octanol–water partition coefficient (Wildman–Crippen LogP) is 2.63. The van der Waals surface area contributed by atoms with Crippen molar-refractivity contribution in [2.24, 2.45) is 4.99 Å². The van der Waals surface area contributed by atoms with E-state index in [4.69, 9.17) is 6.42 Å². The second kappa shape index (κ2) is 11.3. The monoisotopic (exact) mass is 472 g/mol. The van der Waals surface area contributed by atoms with Crippen molar-refractivity contribution in [3.05, 3.63) is 29.8 Å². The molecule has 1 aliphatic rings. The van der Waals surface area contributed by atoms with Crippen LogP contribution in [-0.2, 0) is 4.79 Å².